The van der Waals surface area contributed by atoms with E-state index in [4.69, 9.17) is 0 Å². The molecule has 0 unspecified atom stereocenters. The van der Waals surface area contributed by atoms with Gasteiger partial charge < -0.3 is 0 Å². The largest absolute Gasteiger partial charge is 0.238 e. The molecular formula is C15H13FN4S. The maximum Gasteiger partial charge on any atom is 0.182 e. The molecule has 2 heterocycles. The van der Waals surface area contributed by atoms with Gasteiger partial charge in [0.1, 0.15) is 11.5 Å². The molecule has 3 aromatic rings. The van der Waals surface area contributed by atoms with Crippen LogP contribution in [-0.2, 0) is 0 Å². The average Bonchev–Trinajstić information content (AvgIpc) is 3.07. The summed E-state index contributed by atoms with van der Waals surface area (Å²) in [5, 5.41) is 7.52. The highest BCUT2D eigenvalue weighted by Crippen LogP contribution is 2.39. The van der Waals surface area contributed by atoms with Crippen molar-refractivity contribution in [3.8, 4) is 17.2 Å². The highest BCUT2D eigenvalue weighted by Gasteiger charge is 2.30. The van der Waals surface area contributed by atoms with Crippen LogP contribution in [0, 0.1) is 12.7 Å². The summed E-state index contributed by atoms with van der Waals surface area (Å²) in [7, 11) is 0. The molecule has 1 aliphatic carbocycles. The molecule has 4 nitrogen and oxygen atoms in total. The van der Waals surface area contributed by atoms with Crippen LogP contribution >= 0.6 is 11.3 Å². The van der Waals surface area contributed by atoms with Crippen molar-refractivity contribution in [1.82, 2.24) is 19.7 Å². The van der Waals surface area contributed by atoms with E-state index in [1.54, 1.807) is 22.1 Å². The lowest BCUT2D eigenvalue weighted by molar-refractivity contribution is 0.625. The smallest absolute Gasteiger partial charge is 0.182 e. The van der Waals surface area contributed by atoms with E-state index in [1.807, 2.05) is 18.4 Å². The fraction of sp³-hybridized carbons (Fsp3) is 0.267. The first-order valence-corrected chi connectivity index (χ1v) is 7.74. The number of hydrogen-bond acceptors (Lipinski definition) is 4. The molecule has 4 rings (SSSR count). The molecule has 2 aromatic heterocycles. The molecule has 6 heteroatoms. The van der Waals surface area contributed by atoms with Crippen molar-refractivity contribution in [2.75, 3.05) is 0 Å². The molecule has 106 valence electrons. The Bertz CT molecular complexity index is 804. The SMILES string of the molecule is Cc1nc(-c2nc(C3CC3)nn2-c2cccc(F)c2)cs1. The highest BCUT2D eigenvalue weighted by molar-refractivity contribution is 7.09. The summed E-state index contributed by atoms with van der Waals surface area (Å²) in [6.45, 7) is 1.96. The molecule has 0 aliphatic heterocycles. The van der Waals surface area contributed by atoms with Crippen molar-refractivity contribution >= 4 is 11.3 Å². The van der Waals surface area contributed by atoms with Crippen LogP contribution in [0.5, 0.6) is 0 Å². The third kappa shape index (κ3) is 2.35. The molecular weight excluding hydrogens is 287 g/mol. The summed E-state index contributed by atoms with van der Waals surface area (Å²) < 4.78 is 15.2. The standard InChI is InChI=1S/C15H13FN4S/c1-9-17-13(8-21-9)15-18-14(10-5-6-10)19-20(15)12-4-2-3-11(16)7-12/h2-4,7-8,10H,5-6H2,1H3. The molecule has 0 saturated heterocycles. The second-order valence-corrected chi connectivity index (χ2v) is 6.27. The van der Waals surface area contributed by atoms with Gasteiger partial charge in [-0.15, -0.1) is 11.3 Å². The van der Waals surface area contributed by atoms with Crippen LogP contribution in [0.4, 0.5) is 4.39 Å². The van der Waals surface area contributed by atoms with Crippen LogP contribution in [0.3, 0.4) is 0 Å². The minimum absolute atomic E-state index is 0.281. The summed E-state index contributed by atoms with van der Waals surface area (Å²) in [5.41, 5.74) is 1.47. The van der Waals surface area contributed by atoms with Crippen LogP contribution < -0.4 is 0 Å². The van der Waals surface area contributed by atoms with Gasteiger partial charge in [-0.25, -0.2) is 19.0 Å². The number of nitrogens with zero attached hydrogens (tertiary/aromatic N) is 4. The number of aromatic nitrogens is 4. The monoisotopic (exact) mass is 300 g/mol. The third-order valence-corrected chi connectivity index (χ3v) is 4.24. The number of rotatable bonds is 3. The maximum atomic E-state index is 13.5. The fourth-order valence-electron chi connectivity index (χ4n) is 2.26. The predicted octanol–water partition coefficient (Wildman–Crippen LogP) is 3.72. The Morgan fingerprint density at radius 2 is 2.14 bits per heavy atom. The van der Waals surface area contributed by atoms with E-state index in [1.165, 1.54) is 12.1 Å². The summed E-state index contributed by atoms with van der Waals surface area (Å²) in [5.74, 6) is 1.68. The first-order chi connectivity index (χ1) is 10.2. The van der Waals surface area contributed by atoms with Gasteiger partial charge in [-0.05, 0) is 38.0 Å². The molecule has 1 fully saturated rings. The lowest BCUT2D eigenvalue weighted by Crippen LogP contribution is -2.00. The van der Waals surface area contributed by atoms with Crippen LogP contribution in [0.25, 0.3) is 17.2 Å². The molecule has 0 amide bonds. The Balaban J connectivity index is 1.88. The molecule has 1 saturated carbocycles. The second-order valence-electron chi connectivity index (χ2n) is 5.21. The molecule has 1 aliphatic rings. The van der Waals surface area contributed by atoms with Crippen LogP contribution in [0.15, 0.2) is 29.6 Å². The normalized spacial score (nSPS) is 14.6. The lowest BCUT2D eigenvalue weighted by atomic mass is 10.3. The van der Waals surface area contributed by atoms with Gasteiger partial charge in [0.05, 0.1) is 10.7 Å². The Labute approximate surface area is 125 Å². The minimum atomic E-state index is -0.281. The summed E-state index contributed by atoms with van der Waals surface area (Å²) >= 11 is 1.57. The molecule has 21 heavy (non-hydrogen) atoms. The van der Waals surface area contributed by atoms with E-state index in [-0.39, 0.29) is 5.82 Å². The van der Waals surface area contributed by atoms with E-state index in [2.05, 4.69) is 15.1 Å². The molecule has 0 spiro atoms. The van der Waals surface area contributed by atoms with Crippen molar-refractivity contribution in [1.29, 1.82) is 0 Å². The molecule has 1 aromatic carbocycles. The fourth-order valence-corrected chi connectivity index (χ4v) is 2.85. The predicted molar refractivity (Wildman–Crippen MR) is 79.1 cm³/mol. The zero-order valence-corrected chi connectivity index (χ0v) is 12.3. The number of halogens is 1. The molecule has 0 atom stereocenters. The maximum absolute atomic E-state index is 13.5. The minimum Gasteiger partial charge on any atom is -0.238 e. The van der Waals surface area contributed by atoms with Gasteiger partial charge in [-0.1, -0.05) is 6.07 Å². The topological polar surface area (TPSA) is 43.6 Å². The lowest BCUT2D eigenvalue weighted by Gasteiger charge is -2.03. The van der Waals surface area contributed by atoms with Gasteiger partial charge in [0, 0.05) is 11.3 Å². The van der Waals surface area contributed by atoms with Crippen molar-refractivity contribution in [2.24, 2.45) is 0 Å². The second kappa shape index (κ2) is 4.73. The molecule has 0 radical (unpaired) electrons. The third-order valence-electron chi connectivity index (χ3n) is 3.47. The Morgan fingerprint density at radius 1 is 1.29 bits per heavy atom. The van der Waals surface area contributed by atoms with E-state index in [0.29, 0.717) is 17.4 Å². The zero-order chi connectivity index (χ0) is 14.4. The van der Waals surface area contributed by atoms with Gasteiger partial charge >= 0.3 is 0 Å². The van der Waals surface area contributed by atoms with Gasteiger partial charge in [-0.2, -0.15) is 5.10 Å². The molecule has 0 bridgehead atoms. The average molecular weight is 300 g/mol. The molecule has 0 N–H and O–H groups in total. The van der Waals surface area contributed by atoms with Crippen molar-refractivity contribution in [2.45, 2.75) is 25.7 Å². The Kier molecular flexibility index (Phi) is 2.85. The summed E-state index contributed by atoms with van der Waals surface area (Å²) in [6, 6.07) is 6.40. The van der Waals surface area contributed by atoms with Crippen molar-refractivity contribution in [3.05, 3.63) is 46.3 Å². The number of aryl methyl sites for hydroxylation is 1. The van der Waals surface area contributed by atoms with E-state index < -0.39 is 0 Å². The number of thiazole rings is 1. The van der Waals surface area contributed by atoms with Gasteiger partial charge in [0.2, 0.25) is 0 Å². The van der Waals surface area contributed by atoms with Crippen LogP contribution in [0.2, 0.25) is 0 Å². The van der Waals surface area contributed by atoms with Crippen LogP contribution in [-0.4, -0.2) is 19.7 Å². The van der Waals surface area contributed by atoms with Crippen molar-refractivity contribution < 1.29 is 4.39 Å². The zero-order valence-electron chi connectivity index (χ0n) is 11.5. The van der Waals surface area contributed by atoms with Crippen LogP contribution in [0.1, 0.15) is 29.6 Å². The summed E-state index contributed by atoms with van der Waals surface area (Å²) in [4.78, 5) is 9.12. The Morgan fingerprint density at radius 3 is 2.81 bits per heavy atom. The summed E-state index contributed by atoms with van der Waals surface area (Å²) in [6.07, 6.45) is 2.26. The van der Waals surface area contributed by atoms with Gasteiger partial charge in [-0.3, -0.25) is 0 Å². The quantitative estimate of drug-likeness (QED) is 0.740. The Hall–Kier alpha value is -2.08. The van der Waals surface area contributed by atoms with E-state index in [9.17, 15) is 4.39 Å². The first-order valence-electron chi connectivity index (χ1n) is 6.86. The number of hydrogen-bond donors (Lipinski definition) is 0. The van der Waals surface area contributed by atoms with E-state index >= 15 is 0 Å². The highest BCUT2D eigenvalue weighted by atomic mass is 32.1. The van der Waals surface area contributed by atoms with E-state index in [0.717, 1.165) is 29.4 Å². The number of benzene rings is 1. The van der Waals surface area contributed by atoms with Gasteiger partial charge in [0.15, 0.2) is 11.6 Å². The van der Waals surface area contributed by atoms with Crippen molar-refractivity contribution in [3.63, 3.8) is 0 Å². The van der Waals surface area contributed by atoms with Gasteiger partial charge in [0.25, 0.3) is 0 Å². The first kappa shape index (κ1) is 12.6.